The van der Waals surface area contributed by atoms with E-state index in [4.69, 9.17) is 9.30 Å². The Labute approximate surface area is 126 Å². The van der Waals surface area contributed by atoms with Crippen LogP contribution in [0.15, 0.2) is 33.5 Å². The molecule has 0 saturated heterocycles. The van der Waals surface area contributed by atoms with E-state index in [1.165, 1.54) is 13.2 Å². The maximum atomic E-state index is 11.9. The van der Waals surface area contributed by atoms with Crippen molar-refractivity contribution in [2.24, 2.45) is 0 Å². The number of amides is 1. The van der Waals surface area contributed by atoms with Crippen molar-refractivity contribution >= 4 is 22.6 Å². The number of hydrogen-bond donors (Lipinski definition) is 2. The molecule has 118 valence electrons. The normalized spacial score (nSPS) is 12.3. The van der Waals surface area contributed by atoms with Crippen LogP contribution >= 0.6 is 0 Å². The molecule has 22 heavy (non-hydrogen) atoms. The van der Waals surface area contributed by atoms with Crippen molar-refractivity contribution in [3.8, 4) is 0 Å². The van der Waals surface area contributed by atoms with Gasteiger partial charge in [0.05, 0.1) is 13.5 Å². The van der Waals surface area contributed by atoms with Gasteiger partial charge in [0.1, 0.15) is 18.2 Å². The number of carbonyl (C=O) groups is 1. The fraction of sp³-hybridized carbons (Fsp3) is 0.333. The van der Waals surface area contributed by atoms with Crippen molar-refractivity contribution < 1.29 is 24.7 Å². The first-order valence-corrected chi connectivity index (χ1v) is 6.82. The zero-order chi connectivity index (χ0) is 16.1. The first kappa shape index (κ1) is 16.2. The second-order valence-corrected chi connectivity index (χ2v) is 5.03. The molecule has 0 bridgehead atoms. The molecule has 2 aromatic rings. The van der Waals surface area contributed by atoms with Gasteiger partial charge in [0.15, 0.2) is 0 Å². The van der Waals surface area contributed by atoms with Crippen LogP contribution in [0, 0.1) is 6.92 Å². The minimum Gasteiger partial charge on any atom is -0.423 e. The molecule has 0 unspecified atom stereocenters. The van der Waals surface area contributed by atoms with E-state index in [-0.39, 0.29) is 25.0 Å². The predicted molar refractivity (Wildman–Crippen MR) is 80.1 cm³/mol. The molecular weight excluding hydrogens is 288 g/mol. The average Bonchev–Trinajstić information content (AvgIpc) is 2.44. The molecule has 7 nitrogen and oxygen atoms in total. The van der Waals surface area contributed by atoms with Crippen LogP contribution in [0.1, 0.15) is 12.0 Å². The minimum atomic E-state index is -0.414. The van der Waals surface area contributed by atoms with Gasteiger partial charge < -0.3 is 15.5 Å². The van der Waals surface area contributed by atoms with Gasteiger partial charge in [-0.3, -0.25) is 4.79 Å². The fourth-order valence-corrected chi connectivity index (χ4v) is 2.10. The largest absolute Gasteiger partial charge is 0.423 e. The van der Waals surface area contributed by atoms with E-state index in [9.17, 15) is 9.59 Å². The Morgan fingerprint density at radius 2 is 2.18 bits per heavy atom. The Morgan fingerprint density at radius 3 is 2.91 bits per heavy atom. The summed E-state index contributed by atoms with van der Waals surface area (Å²) in [5.74, 6) is -0.200. The van der Waals surface area contributed by atoms with Crippen LogP contribution in [-0.2, 0) is 14.6 Å². The van der Waals surface area contributed by atoms with Crippen molar-refractivity contribution in [2.45, 2.75) is 19.4 Å². The summed E-state index contributed by atoms with van der Waals surface area (Å²) in [5, 5.41) is 3.58. The summed E-state index contributed by atoms with van der Waals surface area (Å²) >= 11 is 0. The summed E-state index contributed by atoms with van der Waals surface area (Å²) in [4.78, 5) is 32.5. The first-order chi connectivity index (χ1) is 10.5. The van der Waals surface area contributed by atoms with Crippen molar-refractivity contribution in [3.63, 3.8) is 0 Å². The molecule has 1 amide bonds. The molecule has 1 heterocycles. The number of quaternary nitrogens is 1. The molecule has 0 saturated carbocycles. The van der Waals surface area contributed by atoms with E-state index in [0.29, 0.717) is 11.3 Å². The Morgan fingerprint density at radius 1 is 1.41 bits per heavy atom. The van der Waals surface area contributed by atoms with Crippen molar-refractivity contribution in [3.05, 3.63) is 40.2 Å². The van der Waals surface area contributed by atoms with Crippen LogP contribution in [0.5, 0.6) is 0 Å². The van der Waals surface area contributed by atoms with Crippen LogP contribution in [0.2, 0.25) is 0 Å². The second-order valence-electron chi connectivity index (χ2n) is 5.03. The Balaban J connectivity index is 2.08. The van der Waals surface area contributed by atoms with Gasteiger partial charge in [0.25, 0.3) is 0 Å². The highest BCUT2D eigenvalue weighted by atomic mass is 17.2. The van der Waals surface area contributed by atoms with Gasteiger partial charge in [0.2, 0.25) is 5.91 Å². The number of aryl methyl sites for hydroxylation is 1. The highest BCUT2D eigenvalue weighted by molar-refractivity contribution is 5.93. The zero-order valence-electron chi connectivity index (χ0n) is 12.5. The van der Waals surface area contributed by atoms with Gasteiger partial charge in [-0.25, -0.2) is 14.6 Å². The van der Waals surface area contributed by atoms with E-state index in [1.807, 2.05) is 6.92 Å². The van der Waals surface area contributed by atoms with Crippen LogP contribution < -0.4 is 16.7 Å². The average molecular weight is 307 g/mol. The van der Waals surface area contributed by atoms with Gasteiger partial charge >= 0.3 is 5.63 Å². The quantitative estimate of drug-likeness (QED) is 0.462. The third-order valence-electron chi connectivity index (χ3n) is 3.13. The topological polar surface area (TPSA) is 105 Å². The van der Waals surface area contributed by atoms with Crippen molar-refractivity contribution in [2.75, 3.05) is 19.0 Å². The number of fused-ring (bicyclic) bond motifs is 1. The van der Waals surface area contributed by atoms with E-state index in [1.54, 1.807) is 18.2 Å². The number of nitrogens with one attached hydrogen (secondary N) is 1. The number of anilines is 1. The smallest absolute Gasteiger partial charge is 0.336 e. The predicted octanol–water partition coefficient (Wildman–Crippen LogP) is 0.619. The molecule has 0 aliphatic rings. The van der Waals surface area contributed by atoms with E-state index < -0.39 is 5.63 Å². The highest BCUT2D eigenvalue weighted by Gasteiger charge is 2.14. The fourth-order valence-electron chi connectivity index (χ4n) is 2.10. The molecular formula is C15H19N2O5+. The minimum absolute atomic E-state index is 0.194. The lowest BCUT2D eigenvalue weighted by atomic mass is 10.1. The summed E-state index contributed by atoms with van der Waals surface area (Å²) in [5.41, 5.74) is 5.23. The van der Waals surface area contributed by atoms with Gasteiger partial charge in [-0.15, -0.1) is 0 Å². The number of carbonyl (C=O) groups excluding carboxylic acids is 1. The maximum absolute atomic E-state index is 11.9. The van der Waals surface area contributed by atoms with Crippen LogP contribution in [0.25, 0.3) is 11.0 Å². The summed E-state index contributed by atoms with van der Waals surface area (Å²) < 4.78 is 5.14. The van der Waals surface area contributed by atoms with Gasteiger partial charge in [-0.05, 0) is 24.6 Å². The van der Waals surface area contributed by atoms with Crippen molar-refractivity contribution in [1.29, 1.82) is 0 Å². The number of hydrogen-bond acceptors (Lipinski definition) is 5. The second kappa shape index (κ2) is 7.17. The third kappa shape index (κ3) is 4.14. The molecule has 1 aromatic carbocycles. The lowest BCUT2D eigenvalue weighted by Crippen LogP contribution is -2.64. The van der Waals surface area contributed by atoms with E-state index >= 15 is 0 Å². The maximum Gasteiger partial charge on any atom is 0.336 e. The van der Waals surface area contributed by atoms with Gasteiger partial charge in [-0.1, -0.05) is 0 Å². The molecule has 7 heteroatoms. The monoisotopic (exact) mass is 307 g/mol. The number of benzene rings is 1. The standard InChI is InChI=1S/C15H18N2O5/c1-9-5-15(19)22-13-7-11(3-4-12(9)13)17-14(18)6-10(16)8-21-20-2/h3-5,7,10H,6,8,16H2,1-2H3,(H,17,18)/p+1/t10-/m0/s1. The molecule has 0 fully saturated rings. The van der Waals surface area contributed by atoms with Crippen LogP contribution in [0.3, 0.4) is 0 Å². The lowest BCUT2D eigenvalue weighted by Gasteiger charge is -2.09. The molecule has 0 aliphatic heterocycles. The van der Waals surface area contributed by atoms with Gasteiger partial charge in [-0.2, -0.15) is 0 Å². The Hall–Kier alpha value is -2.22. The molecule has 0 radical (unpaired) electrons. The SMILES string of the molecule is COOC[C@@H]([NH3+])CC(=O)Nc1ccc2c(C)cc(=O)oc2c1. The summed E-state index contributed by atoms with van der Waals surface area (Å²) in [6, 6.07) is 6.41. The Bertz CT molecular complexity index is 725. The molecule has 1 atom stereocenters. The number of rotatable bonds is 6. The lowest BCUT2D eigenvalue weighted by molar-refractivity contribution is -0.445. The van der Waals surface area contributed by atoms with Crippen LogP contribution in [0.4, 0.5) is 5.69 Å². The summed E-state index contributed by atoms with van der Waals surface area (Å²) in [6.45, 7) is 2.07. The van der Waals surface area contributed by atoms with E-state index in [0.717, 1.165) is 10.9 Å². The van der Waals surface area contributed by atoms with Crippen molar-refractivity contribution in [1.82, 2.24) is 0 Å². The van der Waals surface area contributed by atoms with Gasteiger partial charge in [0, 0.05) is 23.2 Å². The molecule has 0 spiro atoms. The highest BCUT2D eigenvalue weighted by Crippen LogP contribution is 2.20. The molecule has 4 N–H and O–H groups in total. The third-order valence-corrected chi connectivity index (χ3v) is 3.13. The van der Waals surface area contributed by atoms with Crippen LogP contribution in [-0.4, -0.2) is 25.7 Å². The first-order valence-electron chi connectivity index (χ1n) is 6.82. The molecule has 1 aromatic heterocycles. The summed E-state index contributed by atoms with van der Waals surface area (Å²) in [7, 11) is 1.40. The molecule has 0 aliphatic carbocycles. The molecule has 2 rings (SSSR count). The van der Waals surface area contributed by atoms with E-state index in [2.05, 4.69) is 15.9 Å². The Kier molecular flexibility index (Phi) is 5.26. The summed E-state index contributed by atoms with van der Waals surface area (Å²) in [6.07, 6.45) is 0.194. The zero-order valence-corrected chi connectivity index (χ0v) is 12.5.